The van der Waals surface area contributed by atoms with Gasteiger partial charge in [0, 0.05) is 13.0 Å². The Kier molecular flexibility index (Phi) is 11.4. The Bertz CT molecular complexity index is 259. The van der Waals surface area contributed by atoms with Gasteiger partial charge in [-0.2, -0.15) is 0 Å². The molecule has 0 atom stereocenters. The van der Waals surface area contributed by atoms with E-state index in [9.17, 15) is 9.59 Å². The van der Waals surface area contributed by atoms with Crippen LogP contribution in [0.3, 0.4) is 0 Å². The van der Waals surface area contributed by atoms with Gasteiger partial charge in [0.2, 0.25) is 5.91 Å². The maximum atomic E-state index is 12.3. The Morgan fingerprint density at radius 3 is 2.15 bits per heavy atom. The van der Waals surface area contributed by atoms with E-state index in [0.29, 0.717) is 13.0 Å². The molecule has 0 rings (SSSR count). The predicted molar refractivity (Wildman–Crippen MR) is 83.5 cm³/mol. The Morgan fingerprint density at radius 1 is 1.05 bits per heavy atom. The summed E-state index contributed by atoms with van der Waals surface area (Å²) < 4.78 is 0. The molecule has 0 saturated heterocycles. The molecule has 0 spiro atoms. The summed E-state index contributed by atoms with van der Waals surface area (Å²) in [6, 6.07) is 0. The van der Waals surface area contributed by atoms with Crippen molar-refractivity contribution in [3.63, 3.8) is 0 Å². The molecule has 0 bridgehead atoms. The molecule has 0 unspecified atom stereocenters. The van der Waals surface area contributed by atoms with Gasteiger partial charge in [-0.05, 0) is 25.7 Å². The molecular weight excluding hydrogens is 252 g/mol. The zero-order valence-corrected chi connectivity index (χ0v) is 13.2. The zero-order chi connectivity index (χ0) is 15.3. The van der Waals surface area contributed by atoms with E-state index in [1.54, 1.807) is 0 Å². The number of rotatable bonds is 13. The van der Waals surface area contributed by atoms with Crippen molar-refractivity contribution in [1.82, 2.24) is 5.32 Å². The van der Waals surface area contributed by atoms with Gasteiger partial charge in [-0.25, -0.2) is 0 Å². The third-order valence-electron chi connectivity index (χ3n) is 3.69. The number of nitrogens with one attached hydrogen (secondary N) is 1. The first-order chi connectivity index (χ1) is 9.60. The van der Waals surface area contributed by atoms with E-state index in [1.165, 1.54) is 0 Å². The minimum atomic E-state index is -0.700. The minimum absolute atomic E-state index is 0.00483. The number of hydrogen-bond acceptors (Lipinski definition) is 3. The molecule has 0 aromatic heterocycles. The summed E-state index contributed by atoms with van der Waals surface area (Å²) in [6.45, 7) is 4.89. The number of carbonyl (C=O) groups is 2. The van der Waals surface area contributed by atoms with Gasteiger partial charge >= 0.3 is 0 Å². The Labute approximate surface area is 123 Å². The summed E-state index contributed by atoms with van der Waals surface area (Å²) in [6.07, 6.45) is 9.98. The van der Waals surface area contributed by atoms with Crippen LogP contribution in [-0.4, -0.2) is 24.3 Å². The monoisotopic (exact) mass is 284 g/mol. The van der Waals surface area contributed by atoms with Gasteiger partial charge in [0.25, 0.3) is 0 Å². The van der Waals surface area contributed by atoms with Crippen molar-refractivity contribution < 1.29 is 9.59 Å². The maximum Gasteiger partial charge on any atom is 0.240 e. The van der Waals surface area contributed by atoms with Crippen LogP contribution in [0.1, 0.15) is 78.1 Å². The quantitative estimate of drug-likeness (QED) is 0.403. The Balaban J connectivity index is 4.08. The van der Waals surface area contributed by atoms with E-state index in [0.717, 1.165) is 64.1 Å². The van der Waals surface area contributed by atoms with Crippen molar-refractivity contribution in [2.75, 3.05) is 6.54 Å². The molecule has 0 saturated carbocycles. The van der Waals surface area contributed by atoms with Gasteiger partial charge in [0.1, 0.15) is 6.29 Å². The van der Waals surface area contributed by atoms with Crippen LogP contribution in [0, 0.1) is 0 Å². The van der Waals surface area contributed by atoms with Gasteiger partial charge in [-0.15, -0.1) is 0 Å². The smallest absolute Gasteiger partial charge is 0.240 e. The third kappa shape index (κ3) is 8.31. The number of hydrogen-bond donors (Lipinski definition) is 2. The lowest BCUT2D eigenvalue weighted by molar-refractivity contribution is -0.127. The van der Waals surface area contributed by atoms with E-state index in [1.807, 2.05) is 0 Å². The van der Waals surface area contributed by atoms with E-state index in [2.05, 4.69) is 19.2 Å². The van der Waals surface area contributed by atoms with Crippen molar-refractivity contribution in [1.29, 1.82) is 0 Å². The molecule has 0 heterocycles. The average molecular weight is 284 g/mol. The average Bonchev–Trinajstić information content (AvgIpc) is 2.46. The highest BCUT2D eigenvalue weighted by Gasteiger charge is 2.32. The summed E-state index contributed by atoms with van der Waals surface area (Å²) in [5.74, 6) is -0.00483. The predicted octanol–water partition coefficient (Wildman–Crippen LogP) is 2.94. The van der Waals surface area contributed by atoms with Crippen molar-refractivity contribution >= 4 is 12.2 Å². The van der Waals surface area contributed by atoms with Crippen LogP contribution < -0.4 is 11.1 Å². The summed E-state index contributed by atoms with van der Waals surface area (Å²) in [5, 5.41) is 2.97. The van der Waals surface area contributed by atoms with Crippen LogP contribution in [0.15, 0.2) is 0 Å². The van der Waals surface area contributed by atoms with Gasteiger partial charge in [-0.1, -0.05) is 46.0 Å². The van der Waals surface area contributed by atoms with E-state index < -0.39 is 5.54 Å². The second kappa shape index (κ2) is 11.9. The van der Waals surface area contributed by atoms with E-state index >= 15 is 0 Å². The minimum Gasteiger partial charge on any atom is -0.355 e. The van der Waals surface area contributed by atoms with Crippen LogP contribution in [0.25, 0.3) is 0 Å². The van der Waals surface area contributed by atoms with Gasteiger partial charge in [0.05, 0.1) is 5.54 Å². The number of aldehydes is 1. The molecule has 3 N–H and O–H groups in total. The molecule has 0 aromatic carbocycles. The van der Waals surface area contributed by atoms with Crippen molar-refractivity contribution in [3.05, 3.63) is 0 Å². The number of carbonyl (C=O) groups excluding carboxylic acids is 2. The first-order valence-electron chi connectivity index (χ1n) is 8.11. The fourth-order valence-electron chi connectivity index (χ4n) is 2.24. The van der Waals surface area contributed by atoms with Crippen molar-refractivity contribution in [2.24, 2.45) is 5.73 Å². The molecule has 0 fully saturated rings. The number of unbranched alkanes of at least 4 members (excludes halogenated alkanes) is 5. The van der Waals surface area contributed by atoms with Crippen LogP contribution in [-0.2, 0) is 9.59 Å². The molecule has 0 aliphatic rings. The molecule has 0 aliphatic heterocycles. The van der Waals surface area contributed by atoms with Gasteiger partial charge < -0.3 is 15.8 Å². The molecule has 0 radical (unpaired) electrons. The molecule has 0 aromatic rings. The Morgan fingerprint density at radius 2 is 1.65 bits per heavy atom. The summed E-state index contributed by atoms with van der Waals surface area (Å²) in [5.41, 5.74) is 5.62. The SMILES string of the molecule is CCCCC(N)(CCCC)C(=O)NCCCCCC=O. The molecule has 4 heteroatoms. The fraction of sp³-hybridized carbons (Fsp3) is 0.875. The molecule has 20 heavy (non-hydrogen) atoms. The van der Waals surface area contributed by atoms with Crippen LogP contribution in [0.2, 0.25) is 0 Å². The standard InChI is InChI=1S/C16H32N2O2/c1-3-5-11-16(17,12-6-4-2)15(20)18-13-9-7-8-10-14-19/h14H,3-13,17H2,1-2H3,(H,18,20). The summed E-state index contributed by atoms with van der Waals surface area (Å²) in [4.78, 5) is 22.5. The normalized spacial score (nSPS) is 11.3. The lowest BCUT2D eigenvalue weighted by atomic mass is 9.87. The second-order valence-corrected chi connectivity index (χ2v) is 5.64. The fourth-order valence-corrected chi connectivity index (χ4v) is 2.24. The molecular formula is C16H32N2O2. The zero-order valence-electron chi connectivity index (χ0n) is 13.2. The maximum absolute atomic E-state index is 12.3. The van der Waals surface area contributed by atoms with Crippen LogP contribution in [0.4, 0.5) is 0 Å². The molecule has 4 nitrogen and oxygen atoms in total. The van der Waals surface area contributed by atoms with Gasteiger partial charge in [0.15, 0.2) is 0 Å². The summed E-state index contributed by atoms with van der Waals surface area (Å²) in [7, 11) is 0. The lowest BCUT2D eigenvalue weighted by Gasteiger charge is -2.28. The highest BCUT2D eigenvalue weighted by atomic mass is 16.2. The first kappa shape index (κ1) is 19.1. The van der Waals surface area contributed by atoms with E-state index in [-0.39, 0.29) is 5.91 Å². The molecule has 0 aliphatic carbocycles. The molecule has 1 amide bonds. The molecule has 118 valence electrons. The van der Waals surface area contributed by atoms with E-state index in [4.69, 9.17) is 5.73 Å². The highest BCUT2D eigenvalue weighted by molar-refractivity contribution is 5.85. The van der Waals surface area contributed by atoms with Crippen molar-refractivity contribution in [3.8, 4) is 0 Å². The highest BCUT2D eigenvalue weighted by Crippen LogP contribution is 2.19. The van der Waals surface area contributed by atoms with Crippen molar-refractivity contribution in [2.45, 2.75) is 83.6 Å². The first-order valence-corrected chi connectivity index (χ1v) is 8.11. The van der Waals surface area contributed by atoms with Gasteiger partial charge in [-0.3, -0.25) is 4.79 Å². The number of nitrogens with two attached hydrogens (primary N) is 1. The third-order valence-corrected chi connectivity index (χ3v) is 3.69. The second-order valence-electron chi connectivity index (χ2n) is 5.64. The number of amides is 1. The lowest BCUT2D eigenvalue weighted by Crippen LogP contribution is -2.54. The largest absolute Gasteiger partial charge is 0.355 e. The summed E-state index contributed by atoms with van der Waals surface area (Å²) >= 11 is 0. The Hall–Kier alpha value is -0.900. The van der Waals surface area contributed by atoms with Crippen LogP contribution >= 0.6 is 0 Å². The van der Waals surface area contributed by atoms with Crippen LogP contribution in [0.5, 0.6) is 0 Å². The topological polar surface area (TPSA) is 72.2 Å².